The van der Waals surface area contributed by atoms with Gasteiger partial charge in [0.25, 0.3) is 0 Å². The fourth-order valence-electron chi connectivity index (χ4n) is 2.38. The molecule has 0 radical (unpaired) electrons. The summed E-state index contributed by atoms with van der Waals surface area (Å²) in [5, 5.41) is 2.72. The molecule has 0 aliphatic rings. The van der Waals surface area contributed by atoms with Crippen molar-refractivity contribution in [3.05, 3.63) is 35.9 Å². The SMILES string of the molecule is CCOCCOCCOCCS(=O)(=O)CCC(C)(C)NC(=O)OCc1ccccc1. The Morgan fingerprint density at radius 1 is 0.933 bits per heavy atom. The van der Waals surface area contributed by atoms with Gasteiger partial charge in [0, 0.05) is 12.1 Å². The Morgan fingerprint density at radius 2 is 1.53 bits per heavy atom. The number of nitrogens with one attached hydrogen (secondary N) is 1. The third-order valence-corrected chi connectivity index (χ3v) is 5.79. The number of hydrogen-bond acceptors (Lipinski definition) is 7. The van der Waals surface area contributed by atoms with E-state index < -0.39 is 21.5 Å². The smallest absolute Gasteiger partial charge is 0.407 e. The van der Waals surface area contributed by atoms with E-state index in [4.69, 9.17) is 18.9 Å². The zero-order chi connectivity index (χ0) is 22.3. The molecule has 0 aromatic heterocycles. The highest BCUT2D eigenvalue weighted by atomic mass is 32.2. The van der Waals surface area contributed by atoms with Crippen molar-refractivity contribution in [2.24, 2.45) is 0 Å². The van der Waals surface area contributed by atoms with E-state index in [0.717, 1.165) is 5.56 Å². The molecule has 0 heterocycles. The molecule has 0 bridgehead atoms. The highest BCUT2D eigenvalue weighted by Gasteiger charge is 2.24. The highest BCUT2D eigenvalue weighted by molar-refractivity contribution is 7.91. The fraction of sp³-hybridized carbons (Fsp3) is 0.667. The molecule has 1 aromatic carbocycles. The second-order valence-electron chi connectivity index (χ2n) is 7.39. The molecule has 30 heavy (non-hydrogen) atoms. The van der Waals surface area contributed by atoms with Crippen LogP contribution in [0, 0.1) is 0 Å². The molecule has 0 fully saturated rings. The average molecular weight is 446 g/mol. The van der Waals surface area contributed by atoms with Crippen LogP contribution in [0.2, 0.25) is 0 Å². The van der Waals surface area contributed by atoms with Crippen LogP contribution >= 0.6 is 0 Å². The predicted molar refractivity (Wildman–Crippen MR) is 115 cm³/mol. The second kappa shape index (κ2) is 14.3. The number of benzene rings is 1. The molecule has 1 aromatic rings. The molecule has 1 N–H and O–H groups in total. The van der Waals surface area contributed by atoms with Crippen LogP contribution in [0.1, 0.15) is 32.8 Å². The van der Waals surface area contributed by atoms with Crippen LogP contribution < -0.4 is 5.32 Å². The molecule has 8 nitrogen and oxygen atoms in total. The third-order valence-electron chi connectivity index (χ3n) is 4.18. The molecular formula is C21H35NO7S. The van der Waals surface area contributed by atoms with Crippen molar-refractivity contribution in [3.63, 3.8) is 0 Å². The highest BCUT2D eigenvalue weighted by Crippen LogP contribution is 2.12. The molecule has 0 spiro atoms. The van der Waals surface area contributed by atoms with Gasteiger partial charge in [-0.2, -0.15) is 0 Å². The van der Waals surface area contributed by atoms with E-state index in [1.54, 1.807) is 13.8 Å². The minimum absolute atomic E-state index is 0.0484. The number of sulfone groups is 1. The molecule has 0 aliphatic heterocycles. The van der Waals surface area contributed by atoms with Crippen molar-refractivity contribution in [2.45, 2.75) is 39.3 Å². The van der Waals surface area contributed by atoms with Gasteiger partial charge in [0.1, 0.15) is 6.61 Å². The molecule has 1 rings (SSSR count). The predicted octanol–water partition coefficient (Wildman–Crippen LogP) is 2.57. The molecule has 0 saturated carbocycles. The first kappa shape index (κ1) is 26.4. The van der Waals surface area contributed by atoms with Crippen LogP contribution in [-0.4, -0.2) is 71.2 Å². The van der Waals surface area contributed by atoms with Gasteiger partial charge in [-0.3, -0.25) is 0 Å². The van der Waals surface area contributed by atoms with Crippen molar-refractivity contribution in [1.29, 1.82) is 0 Å². The van der Waals surface area contributed by atoms with E-state index in [-0.39, 0.29) is 31.1 Å². The molecule has 172 valence electrons. The van der Waals surface area contributed by atoms with Crippen LogP contribution in [-0.2, 0) is 35.4 Å². The summed E-state index contributed by atoms with van der Waals surface area (Å²) in [5.41, 5.74) is 0.170. The van der Waals surface area contributed by atoms with Gasteiger partial charge in [-0.05, 0) is 32.8 Å². The van der Waals surface area contributed by atoms with Gasteiger partial charge < -0.3 is 24.3 Å². The zero-order valence-electron chi connectivity index (χ0n) is 18.2. The van der Waals surface area contributed by atoms with E-state index in [1.165, 1.54) is 0 Å². The van der Waals surface area contributed by atoms with E-state index in [2.05, 4.69) is 5.32 Å². The minimum atomic E-state index is -3.29. The first-order chi connectivity index (χ1) is 14.2. The summed E-state index contributed by atoms with van der Waals surface area (Å²) in [7, 11) is -3.29. The van der Waals surface area contributed by atoms with Gasteiger partial charge in [-0.25, -0.2) is 13.2 Å². The monoisotopic (exact) mass is 445 g/mol. The number of ether oxygens (including phenoxy) is 4. The van der Waals surface area contributed by atoms with Crippen molar-refractivity contribution < 1.29 is 32.2 Å². The number of rotatable bonds is 16. The van der Waals surface area contributed by atoms with Crippen molar-refractivity contribution in [3.8, 4) is 0 Å². The average Bonchev–Trinajstić information content (AvgIpc) is 2.70. The van der Waals surface area contributed by atoms with Crippen LogP contribution in [0.3, 0.4) is 0 Å². The summed E-state index contributed by atoms with van der Waals surface area (Å²) in [6.07, 6.45) is -0.301. The Labute approximate surface area is 180 Å². The summed E-state index contributed by atoms with van der Waals surface area (Å²) >= 11 is 0. The van der Waals surface area contributed by atoms with Crippen LogP contribution in [0.25, 0.3) is 0 Å². The summed E-state index contributed by atoms with van der Waals surface area (Å²) in [4.78, 5) is 12.0. The van der Waals surface area contributed by atoms with Crippen molar-refractivity contribution in [2.75, 3.05) is 51.1 Å². The van der Waals surface area contributed by atoms with Crippen LogP contribution in [0.4, 0.5) is 4.79 Å². The van der Waals surface area contributed by atoms with Gasteiger partial charge in [0.05, 0.1) is 44.5 Å². The lowest BCUT2D eigenvalue weighted by atomic mass is 10.0. The Bertz CT molecular complexity index is 693. The first-order valence-electron chi connectivity index (χ1n) is 10.2. The largest absolute Gasteiger partial charge is 0.445 e. The van der Waals surface area contributed by atoms with E-state index >= 15 is 0 Å². The number of alkyl carbamates (subject to hydrolysis) is 1. The first-order valence-corrected chi connectivity index (χ1v) is 12.0. The number of carbonyl (C=O) groups excluding carboxylic acids is 1. The van der Waals surface area contributed by atoms with E-state index in [1.807, 2.05) is 37.3 Å². The summed E-state index contributed by atoms with van der Waals surface area (Å²) in [5.74, 6) is -0.117. The standard InChI is InChI=1S/C21H35NO7S/c1-4-26-11-12-27-13-14-28-15-17-30(24,25)16-10-21(2,3)22-20(23)29-18-19-8-6-5-7-9-19/h5-9H,4,10-18H2,1-3H3,(H,22,23). The van der Waals surface area contributed by atoms with Crippen molar-refractivity contribution >= 4 is 15.9 Å². The Balaban J connectivity index is 2.19. The minimum Gasteiger partial charge on any atom is -0.445 e. The van der Waals surface area contributed by atoms with Crippen molar-refractivity contribution in [1.82, 2.24) is 5.32 Å². The summed E-state index contributed by atoms with van der Waals surface area (Å²) < 4.78 is 45.4. The molecule has 0 atom stereocenters. The Hall–Kier alpha value is -1.68. The lowest BCUT2D eigenvalue weighted by molar-refractivity contribution is 0.0198. The lowest BCUT2D eigenvalue weighted by Crippen LogP contribution is -2.45. The van der Waals surface area contributed by atoms with Crippen LogP contribution in [0.15, 0.2) is 30.3 Å². The number of carbonyl (C=O) groups is 1. The number of amides is 1. The molecule has 0 unspecified atom stereocenters. The van der Waals surface area contributed by atoms with E-state index in [9.17, 15) is 13.2 Å². The Morgan fingerprint density at radius 3 is 2.17 bits per heavy atom. The fourth-order valence-corrected chi connectivity index (χ4v) is 3.78. The Kier molecular flexibility index (Phi) is 12.6. The number of hydrogen-bond donors (Lipinski definition) is 1. The quantitative estimate of drug-likeness (QED) is 0.390. The van der Waals surface area contributed by atoms with Gasteiger partial charge >= 0.3 is 6.09 Å². The molecule has 0 saturated heterocycles. The lowest BCUT2D eigenvalue weighted by Gasteiger charge is -2.25. The molecule has 0 aliphatic carbocycles. The zero-order valence-corrected chi connectivity index (χ0v) is 19.0. The van der Waals surface area contributed by atoms with Crippen LogP contribution in [0.5, 0.6) is 0 Å². The summed E-state index contributed by atoms with van der Waals surface area (Å²) in [6, 6.07) is 9.34. The maximum Gasteiger partial charge on any atom is 0.407 e. The summed E-state index contributed by atoms with van der Waals surface area (Å²) in [6.45, 7) is 8.14. The maximum absolute atomic E-state index is 12.2. The topological polar surface area (TPSA) is 100 Å². The third kappa shape index (κ3) is 13.5. The molecular weight excluding hydrogens is 410 g/mol. The normalized spacial score (nSPS) is 12.0. The van der Waals surface area contributed by atoms with Gasteiger partial charge in [0.2, 0.25) is 0 Å². The molecule has 1 amide bonds. The van der Waals surface area contributed by atoms with Gasteiger partial charge in [-0.1, -0.05) is 30.3 Å². The second-order valence-corrected chi connectivity index (χ2v) is 9.70. The van der Waals surface area contributed by atoms with Gasteiger partial charge in [0.15, 0.2) is 9.84 Å². The van der Waals surface area contributed by atoms with Gasteiger partial charge in [-0.15, -0.1) is 0 Å². The maximum atomic E-state index is 12.2. The van der Waals surface area contributed by atoms with E-state index in [0.29, 0.717) is 33.0 Å². The molecule has 9 heteroatoms.